The van der Waals surface area contributed by atoms with Crippen molar-refractivity contribution in [3.63, 3.8) is 0 Å². The van der Waals surface area contributed by atoms with E-state index >= 15 is 0 Å². The highest BCUT2D eigenvalue weighted by atomic mass is 32.2. The highest BCUT2D eigenvalue weighted by Crippen LogP contribution is 2.39. The van der Waals surface area contributed by atoms with Gasteiger partial charge in [-0.3, -0.25) is 19.2 Å². The molecule has 15 atom stereocenters. The molecule has 4 N–H and O–H groups in total. The van der Waals surface area contributed by atoms with Gasteiger partial charge in [0.1, 0.15) is 47.0 Å². The van der Waals surface area contributed by atoms with Crippen LogP contribution in [0.25, 0.3) is 11.2 Å². The average Bonchev–Trinajstić information content (AvgIpc) is 4.03. The molecule has 3 aromatic rings. The van der Waals surface area contributed by atoms with Gasteiger partial charge in [0.05, 0.1) is 30.7 Å². The first-order valence-corrected chi connectivity index (χ1v) is 29.9. The molecule has 4 aliphatic rings. The van der Waals surface area contributed by atoms with E-state index in [4.69, 9.17) is 23.7 Å². The lowest BCUT2D eigenvalue weighted by atomic mass is 9.78. The number of hydrogen-bond donors (Lipinski definition) is 4. The molecule has 0 aromatic carbocycles. The van der Waals surface area contributed by atoms with Gasteiger partial charge in [0.2, 0.25) is 12.1 Å². The third-order valence-electron chi connectivity index (χ3n) is 16.9. The zero-order valence-corrected chi connectivity index (χ0v) is 51.1. The van der Waals surface area contributed by atoms with Crippen molar-refractivity contribution >= 4 is 58.0 Å². The third-order valence-corrected chi connectivity index (χ3v) is 18.1. The number of carbonyl (C=O) groups excluding carboxylic acids is 5. The van der Waals surface area contributed by atoms with Gasteiger partial charge in [0.15, 0.2) is 16.5 Å². The molecule has 23 nitrogen and oxygen atoms in total. The Bertz CT molecular complexity index is 2890. The Morgan fingerprint density at radius 3 is 2.36 bits per heavy atom. The van der Waals surface area contributed by atoms with E-state index in [1.165, 1.54) is 31.0 Å². The Labute approximate surface area is 495 Å². The van der Waals surface area contributed by atoms with Crippen molar-refractivity contribution < 1.29 is 67.9 Å². The van der Waals surface area contributed by atoms with Crippen LogP contribution in [-0.4, -0.2) is 166 Å². The molecule has 3 fully saturated rings. The molecule has 1 amide bonds. The van der Waals surface area contributed by atoms with Crippen molar-refractivity contribution in [1.82, 2.24) is 34.4 Å². The number of carbonyl (C=O) groups is 5. The van der Waals surface area contributed by atoms with Gasteiger partial charge in [0.25, 0.3) is 11.7 Å². The number of aliphatic hydroxyl groups is 3. The standard InChI is InChI=1S/C51H79NO13.C9H7N7O2S/c1-30-16-12-11-13-17-31(2)42(61-8)28-38-21-19-36(7)51(60,65-38)48(57)49(58)52-23-15-14-18-39(52)50(59)64-43(33(4)26-37-20-22-40(53)44(27-37)62-9)29-41(54)32(3)25-35(6)46(56)47(63-10)45(55)34(5)24-30;1-15-4-14-7(16(17)18)9(15)19-8-5-6(11-2-10-5)12-3-13-8/h11-13,16-17,25,30,32-34,36-40,42-44,46-47,53,56,60H,14-15,18-24,26-29H2,1-10H3;2-4H,1H3,(H,10,11,12,13)/b13-11?,16-12+,31-17?,35-25+;/t30-,32-,33-,34-,36-,37+,38+,39+,40-,42+,43+,44-,46-,47+,51-;/m1./s1. The number of fused-ring (bicyclic) bond motifs is 4. The molecule has 3 aliphatic heterocycles. The minimum absolute atomic E-state index is 0.0193. The zero-order chi connectivity index (χ0) is 61.6. The number of rotatable bonds is 9. The van der Waals surface area contributed by atoms with Crippen molar-refractivity contribution in [2.24, 2.45) is 42.6 Å². The van der Waals surface area contributed by atoms with E-state index in [0.29, 0.717) is 84.6 Å². The summed E-state index contributed by atoms with van der Waals surface area (Å²) in [6.07, 6.45) is 15.4. The Morgan fingerprint density at radius 2 is 1.65 bits per heavy atom. The number of aliphatic hydroxyl groups excluding tert-OH is 2. The van der Waals surface area contributed by atoms with E-state index in [2.05, 4.69) is 24.9 Å². The fourth-order valence-electron chi connectivity index (χ4n) is 11.7. The summed E-state index contributed by atoms with van der Waals surface area (Å²) < 4.78 is 30.9. The predicted octanol–water partition coefficient (Wildman–Crippen LogP) is 7.33. The number of amides is 1. The van der Waals surface area contributed by atoms with Gasteiger partial charge in [-0.25, -0.2) is 19.7 Å². The van der Waals surface area contributed by atoms with Crippen LogP contribution in [-0.2, 0) is 54.7 Å². The Hall–Kier alpha value is -5.86. The molecule has 1 saturated carbocycles. The summed E-state index contributed by atoms with van der Waals surface area (Å²) >= 11 is 1.15. The van der Waals surface area contributed by atoms with E-state index in [1.54, 1.807) is 52.7 Å². The maximum atomic E-state index is 14.4. The number of ketones is 3. The number of aryl methyl sites for hydroxylation is 1. The van der Waals surface area contributed by atoms with Crippen molar-refractivity contribution in [3.05, 3.63) is 76.7 Å². The van der Waals surface area contributed by atoms with Crippen LogP contribution in [0.3, 0.4) is 0 Å². The second-order valence-corrected chi connectivity index (χ2v) is 24.2. The fraction of sp³-hybridized carbons (Fsp3) is 0.650. The molecule has 84 heavy (non-hydrogen) atoms. The first kappa shape index (κ1) is 67.3. The monoisotopic (exact) mass is 1190 g/mol. The molecule has 3 aromatic heterocycles. The van der Waals surface area contributed by atoms with Gasteiger partial charge in [-0.1, -0.05) is 71.1 Å². The van der Waals surface area contributed by atoms with Crippen LogP contribution in [0.15, 0.2) is 76.6 Å². The zero-order valence-electron chi connectivity index (χ0n) is 50.3. The summed E-state index contributed by atoms with van der Waals surface area (Å²) in [7, 11) is 6.21. The van der Waals surface area contributed by atoms with E-state index in [1.807, 2.05) is 58.1 Å². The summed E-state index contributed by atoms with van der Waals surface area (Å²) in [5, 5.41) is 45.7. The molecule has 1 aliphatic carbocycles. The number of hydrogen-bond acceptors (Lipinski definition) is 20. The number of imidazole rings is 2. The summed E-state index contributed by atoms with van der Waals surface area (Å²) in [5.74, 6) is -8.15. The topological polar surface area (TPSA) is 311 Å². The first-order valence-electron chi connectivity index (χ1n) is 29.1. The number of nitrogens with one attached hydrogen (secondary N) is 1. The number of cyclic esters (lactones) is 1. The molecule has 24 heteroatoms. The van der Waals surface area contributed by atoms with Crippen LogP contribution in [0.4, 0.5) is 5.82 Å². The Balaban J connectivity index is 0.000000496. The fourth-order valence-corrected chi connectivity index (χ4v) is 12.6. The van der Waals surface area contributed by atoms with Crippen molar-refractivity contribution in [1.29, 1.82) is 0 Å². The van der Waals surface area contributed by atoms with Gasteiger partial charge in [-0.05, 0) is 129 Å². The number of nitrogens with zero attached hydrogens (tertiary/aromatic N) is 7. The van der Waals surface area contributed by atoms with Gasteiger partial charge in [-0.2, -0.15) is 0 Å². The smallest absolute Gasteiger partial charge is 0.396 e. The lowest BCUT2D eigenvalue weighted by Crippen LogP contribution is -2.61. The number of H-pyrrole nitrogens is 1. The lowest BCUT2D eigenvalue weighted by molar-refractivity contribution is -0.392. The minimum atomic E-state index is -2.43. The van der Waals surface area contributed by atoms with Gasteiger partial charge >= 0.3 is 11.8 Å². The Morgan fingerprint density at radius 1 is 0.905 bits per heavy atom. The van der Waals surface area contributed by atoms with Gasteiger partial charge in [0, 0.05) is 65.5 Å². The maximum absolute atomic E-state index is 14.4. The molecule has 7 rings (SSSR count). The number of ether oxygens (including phenoxy) is 5. The van der Waals surface area contributed by atoms with E-state index < -0.39 is 88.8 Å². The van der Waals surface area contributed by atoms with Crippen LogP contribution < -0.4 is 0 Å². The van der Waals surface area contributed by atoms with Crippen molar-refractivity contribution in [3.8, 4) is 0 Å². The summed E-state index contributed by atoms with van der Waals surface area (Å²) in [6, 6.07) is -1.14. The minimum Gasteiger partial charge on any atom is -0.460 e. The number of esters is 1. The SMILES string of the molecule is CO[C@H]1C[C@@H]2CC[C@@H](C)[C@@](O)(O2)C(=O)C(=O)N2CCCC[C@H]2C(=O)O[C@H]([C@H](C)C[C@@H]2CC[C@@H](O)[C@H](OC)C2)CC(=O)[C@H](C)/C=C(\C)[C@@H](O)[C@@H](OC)C(=O)[C@H](C)C[C@H](C)/C=C/C=CC=C1C.Cn1cnc([N+](=O)[O-])c1Sc1ncnc2nc[nH]c12. The molecule has 2 saturated heterocycles. The molecule has 0 radical (unpaired) electrons. The van der Waals surface area contributed by atoms with Gasteiger partial charge in [-0.15, -0.1) is 0 Å². The van der Waals surface area contributed by atoms with Crippen molar-refractivity contribution in [2.45, 2.75) is 190 Å². The predicted molar refractivity (Wildman–Crippen MR) is 311 cm³/mol. The average molecular weight is 1190 g/mol. The highest BCUT2D eigenvalue weighted by Gasteiger charge is 2.53. The number of methoxy groups -OCH3 is 3. The van der Waals surface area contributed by atoms with E-state index in [0.717, 1.165) is 23.8 Å². The van der Waals surface area contributed by atoms with Gasteiger partial charge < -0.3 is 63.6 Å². The number of piperidine rings is 1. The second kappa shape index (κ2) is 31.0. The van der Waals surface area contributed by atoms with Crippen molar-refractivity contribution in [2.75, 3.05) is 27.9 Å². The third kappa shape index (κ3) is 17.0. The number of aromatic amines is 1. The first-order chi connectivity index (χ1) is 39.9. The number of nitro groups is 1. The van der Waals surface area contributed by atoms with Crippen LogP contribution in [0, 0.1) is 45.6 Å². The molecule has 0 unspecified atom stereocenters. The number of aromatic nitrogens is 6. The van der Waals surface area contributed by atoms with Crippen LogP contribution in [0.2, 0.25) is 0 Å². The number of Topliss-reactive ketones (excluding diaryl/α,β-unsaturated/α-hetero) is 3. The number of allylic oxidation sites excluding steroid dienone is 6. The summed E-state index contributed by atoms with van der Waals surface area (Å²) in [5.41, 5.74) is 2.42. The van der Waals surface area contributed by atoms with E-state index in [-0.39, 0.29) is 60.6 Å². The molecule has 0 spiro atoms. The Kier molecular flexibility index (Phi) is 24.8. The summed E-state index contributed by atoms with van der Waals surface area (Å²) in [4.78, 5) is 101. The highest BCUT2D eigenvalue weighted by molar-refractivity contribution is 7.99. The molecule has 6 heterocycles. The van der Waals surface area contributed by atoms with Crippen LogP contribution in [0.5, 0.6) is 0 Å². The second-order valence-electron chi connectivity index (χ2n) is 23.2. The molecular weight excluding hydrogens is 1100 g/mol. The lowest BCUT2D eigenvalue weighted by Gasteiger charge is -2.42. The van der Waals surface area contributed by atoms with Crippen LogP contribution in [0.1, 0.15) is 126 Å². The maximum Gasteiger partial charge on any atom is 0.396 e. The summed E-state index contributed by atoms with van der Waals surface area (Å²) in [6.45, 7) is 12.7. The quantitative estimate of drug-likeness (QED) is 0.0407. The normalized spacial score (nSPS) is 32.8. The largest absolute Gasteiger partial charge is 0.460 e. The molecule has 2 bridgehead atoms. The molecule has 462 valence electrons. The van der Waals surface area contributed by atoms with Crippen LogP contribution >= 0.6 is 11.8 Å². The molecular formula is C60H86N8O15S. The van der Waals surface area contributed by atoms with E-state index in [9.17, 15) is 49.4 Å².